The van der Waals surface area contributed by atoms with Gasteiger partial charge in [-0.1, -0.05) is 12.7 Å². The first-order chi connectivity index (χ1) is 10.4. The second-order valence-corrected chi connectivity index (χ2v) is 4.23. The first kappa shape index (κ1) is 17.8. The lowest BCUT2D eigenvalue weighted by atomic mass is 10.2. The smallest absolute Gasteiger partial charge is 0.416 e. The number of rotatable bonds is 6. The van der Waals surface area contributed by atoms with Gasteiger partial charge in [-0.05, 0) is 31.2 Å². The SMILES string of the molecule is C=C(Nc1ccc(C(F)(F)F)cc1)C(=N/C=C\C)OCCN. The van der Waals surface area contributed by atoms with Crippen LogP contribution < -0.4 is 11.1 Å². The standard InChI is InChI=1S/C15H18F3N3O/c1-3-9-20-14(22-10-8-19)11(2)21-13-6-4-12(5-7-13)15(16,17)18/h3-7,9,21H,2,8,10,19H2,1H3/b9-3-,20-14?. The minimum absolute atomic E-state index is 0.225. The molecule has 0 fully saturated rings. The maximum atomic E-state index is 12.5. The summed E-state index contributed by atoms with van der Waals surface area (Å²) in [7, 11) is 0. The summed E-state index contributed by atoms with van der Waals surface area (Å²) in [6.07, 6.45) is -1.14. The highest BCUT2D eigenvalue weighted by atomic mass is 19.4. The summed E-state index contributed by atoms with van der Waals surface area (Å²) < 4.78 is 42.8. The second kappa shape index (κ2) is 8.23. The molecule has 0 amide bonds. The van der Waals surface area contributed by atoms with Gasteiger partial charge in [-0.2, -0.15) is 13.2 Å². The molecular weight excluding hydrogens is 295 g/mol. The Morgan fingerprint density at radius 1 is 1.36 bits per heavy atom. The van der Waals surface area contributed by atoms with Gasteiger partial charge in [0.2, 0.25) is 5.90 Å². The van der Waals surface area contributed by atoms with Crippen molar-refractivity contribution in [2.75, 3.05) is 18.5 Å². The lowest BCUT2D eigenvalue weighted by molar-refractivity contribution is -0.137. The third-order valence-corrected chi connectivity index (χ3v) is 2.46. The van der Waals surface area contributed by atoms with E-state index in [4.69, 9.17) is 10.5 Å². The molecule has 0 atom stereocenters. The van der Waals surface area contributed by atoms with E-state index >= 15 is 0 Å². The number of halogens is 3. The van der Waals surface area contributed by atoms with E-state index in [1.807, 2.05) is 0 Å². The highest BCUT2D eigenvalue weighted by Gasteiger charge is 2.29. The molecule has 0 radical (unpaired) electrons. The van der Waals surface area contributed by atoms with Crippen molar-refractivity contribution in [3.05, 3.63) is 54.4 Å². The molecule has 1 aromatic carbocycles. The van der Waals surface area contributed by atoms with Crippen molar-refractivity contribution in [2.45, 2.75) is 13.1 Å². The molecule has 1 aromatic rings. The average Bonchev–Trinajstić information content (AvgIpc) is 2.47. The molecule has 4 nitrogen and oxygen atoms in total. The average molecular weight is 313 g/mol. The van der Waals surface area contributed by atoms with E-state index in [0.29, 0.717) is 17.9 Å². The zero-order chi connectivity index (χ0) is 16.6. The zero-order valence-electron chi connectivity index (χ0n) is 12.2. The van der Waals surface area contributed by atoms with Gasteiger partial charge in [-0.3, -0.25) is 0 Å². The number of nitrogens with two attached hydrogens (primary N) is 1. The second-order valence-electron chi connectivity index (χ2n) is 4.23. The Labute approximate surface area is 127 Å². The molecule has 0 unspecified atom stereocenters. The highest BCUT2D eigenvalue weighted by molar-refractivity contribution is 5.96. The van der Waals surface area contributed by atoms with E-state index in [1.165, 1.54) is 18.3 Å². The van der Waals surface area contributed by atoms with Crippen LogP contribution in [0.5, 0.6) is 0 Å². The topological polar surface area (TPSA) is 59.6 Å². The highest BCUT2D eigenvalue weighted by Crippen LogP contribution is 2.29. The monoisotopic (exact) mass is 313 g/mol. The quantitative estimate of drug-likeness (QED) is 0.624. The van der Waals surface area contributed by atoms with Gasteiger partial charge in [0.1, 0.15) is 6.61 Å². The van der Waals surface area contributed by atoms with Gasteiger partial charge in [0.25, 0.3) is 0 Å². The summed E-state index contributed by atoms with van der Waals surface area (Å²) in [5.41, 5.74) is 5.42. The third-order valence-electron chi connectivity index (χ3n) is 2.46. The number of nitrogens with one attached hydrogen (secondary N) is 1. The van der Waals surface area contributed by atoms with Crippen molar-refractivity contribution in [3.8, 4) is 0 Å². The molecule has 22 heavy (non-hydrogen) atoms. The lowest BCUT2D eigenvalue weighted by Gasteiger charge is -2.13. The number of nitrogens with zero attached hydrogens (tertiary/aromatic N) is 1. The Bertz CT molecular complexity index is 548. The Morgan fingerprint density at radius 3 is 2.50 bits per heavy atom. The number of hydrogen-bond donors (Lipinski definition) is 2. The summed E-state index contributed by atoms with van der Waals surface area (Å²) in [6, 6.07) is 4.59. The number of alkyl halides is 3. The van der Waals surface area contributed by atoms with Crippen molar-refractivity contribution in [2.24, 2.45) is 10.7 Å². The first-order valence-corrected chi connectivity index (χ1v) is 6.54. The zero-order valence-corrected chi connectivity index (χ0v) is 12.2. The molecule has 1 rings (SSSR count). The van der Waals surface area contributed by atoms with Gasteiger partial charge >= 0.3 is 6.18 Å². The Hall–Kier alpha value is -2.28. The number of ether oxygens (including phenoxy) is 1. The van der Waals surface area contributed by atoms with E-state index < -0.39 is 11.7 Å². The van der Waals surface area contributed by atoms with Crippen LogP contribution in [0.4, 0.5) is 18.9 Å². The van der Waals surface area contributed by atoms with Gasteiger partial charge < -0.3 is 15.8 Å². The fourth-order valence-electron chi connectivity index (χ4n) is 1.47. The fraction of sp³-hybridized carbons (Fsp3) is 0.267. The minimum Gasteiger partial charge on any atom is -0.475 e. The lowest BCUT2D eigenvalue weighted by Crippen LogP contribution is -2.18. The number of allylic oxidation sites excluding steroid dienone is 1. The Balaban J connectivity index is 2.80. The largest absolute Gasteiger partial charge is 0.475 e. The van der Waals surface area contributed by atoms with Crippen LogP contribution in [0.25, 0.3) is 0 Å². The molecule has 0 aliphatic rings. The first-order valence-electron chi connectivity index (χ1n) is 6.54. The van der Waals surface area contributed by atoms with Crippen molar-refractivity contribution in [1.29, 1.82) is 0 Å². The van der Waals surface area contributed by atoms with Crippen LogP contribution in [0.15, 0.2) is 53.8 Å². The third kappa shape index (κ3) is 5.61. The molecule has 0 spiro atoms. The predicted molar refractivity (Wildman–Crippen MR) is 81.5 cm³/mol. The maximum absolute atomic E-state index is 12.5. The fourth-order valence-corrected chi connectivity index (χ4v) is 1.47. The van der Waals surface area contributed by atoms with Crippen molar-refractivity contribution < 1.29 is 17.9 Å². The van der Waals surface area contributed by atoms with E-state index in [1.54, 1.807) is 13.0 Å². The summed E-state index contributed by atoms with van der Waals surface area (Å²) in [4.78, 5) is 4.05. The summed E-state index contributed by atoms with van der Waals surface area (Å²) >= 11 is 0. The summed E-state index contributed by atoms with van der Waals surface area (Å²) in [5.74, 6) is 0.225. The van der Waals surface area contributed by atoms with Gasteiger partial charge in [0.15, 0.2) is 0 Å². The Morgan fingerprint density at radius 2 is 2.00 bits per heavy atom. The number of hydrogen-bond acceptors (Lipinski definition) is 4. The Kier molecular flexibility index (Phi) is 6.65. The van der Waals surface area contributed by atoms with Crippen molar-refractivity contribution in [3.63, 3.8) is 0 Å². The van der Waals surface area contributed by atoms with Gasteiger partial charge in [-0.25, -0.2) is 4.99 Å². The van der Waals surface area contributed by atoms with Crippen molar-refractivity contribution >= 4 is 11.6 Å². The van der Waals surface area contributed by atoms with Crippen molar-refractivity contribution in [1.82, 2.24) is 0 Å². The van der Waals surface area contributed by atoms with Crippen LogP contribution in [0.1, 0.15) is 12.5 Å². The van der Waals surface area contributed by atoms with E-state index in [9.17, 15) is 13.2 Å². The minimum atomic E-state index is -4.36. The summed E-state index contributed by atoms with van der Waals surface area (Å²) in [5, 5.41) is 2.85. The molecule has 0 aliphatic heterocycles. The molecule has 0 saturated carbocycles. The van der Waals surface area contributed by atoms with E-state index in [0.717, 1.165) is 12.1 Å². The van der Waals surface area contributed by atoms with Crippen LogP contribution in [0.3, 0.4) is 0 Å². The molecule has 0 aromatic heterocycles. The van der Waals surface area contributed by atoms with E-state index in [2.05, 4.69) is 16.9 Å². The van der Waals surface area contributed by atoms with Crippen LogP contribution in [-0.4, -0.2) is 19.0 Å². The predicted octanol–water partition coefficient (Wildman–Crippen LogP) is 3.54. The van der Waals surface area contributed by atoms with Gasteiger partial charge in [0, 0.05) is 18.4 Å². The summed E-state index contributed by atoms with van der Waals surface area (Å²) in [6.45, 7) is 6.11. The molecule has 0 saturated heterocycles. The number of anilines is 1. The molecule has 120 valence electrons. The van der Waals surface area contributed by atoms with Gasteiger partial charge in [0.05, 0.1) is 11.3 Å². The van der Waals surface area contributed by atoms with Crippen LogP contribution >= 0.6 is 0 Å². The normalized spacial score (nSPS) is 12.5. The van der Waals surface area contributed by atoms with Gasteiger partial charge in [-0.15, -0.1) is 0 Å². The number of aliphatic imine (C=N–C) groups is 1. The molecule has 0 aliphatic carbocycles. The van der Waals surface area contributed by atoms with Crippen LogP contribution in [0, 0.1) is 0 Å². The maximum Gasteiger partial charge on any atom is 0.416 e. The van der Waals surface area contributed by atoms with Crippen LogP contribution in [-0.2, 0) is 10.9 Å². The molecule has 7 heteroatoms. The molecule has 0 heterocycles. The molecule has 0 bridgehead atoms. The van der Waals surface area contributed by atoms with E-state index in [-0.39, 0.29) is 12.5 Å². The van der Waals surface area contributed by atoms with Crippen LogP contribution in [0.2, 0.25) is 0 Å². The number of benzene rings is 1. The molecule has 3 N–H and O–H groups in total. The molecular formula is C15H18F3N3O.